The number of H-pyrrole nitrogens is 1. The summed E-state index contributed by atoms with van der Waals surface area (Å²) in [6.45, 7) is 7.44. The molecule has 0 spiro atoms. The number of rotatable bonds is 6. The molecule has 2 N–H and O–H groups in total. The van der Waals surface area contributed by atoms with Crippen molar-refractivity contribution in [3.63, 3.8) is 0 Å². The Morgan fingerprint density at radius 3 is 2.48 bits per heavy atom. The predicted octanol–water partition coefficient (Wildman–Crippen LogP) is 4.50. The molecule has 3 aromatic rings. The van der Waals surface area contributed by atoms with Gasteiger partial charge in [0.15, 0.2) is 5.13 Å². The lowest BCUT2D eigenvalue weighted by molar-refractivity contribution is 0.0525. The molecule has 0 fully saturated rings. The molecule has 0 saturated carbocycles. The van der Waals surface area contributed by atoms with E-state index in [1.807, 2.05) is 31.2 Å². The highest BCUT2D eigenvalue weighted by molar-refractivity contribution is 7.16. The Bertz CT molecular complexity index is 1050. The Hall–Kier alpha value is -3.13. The largest absolute Gasteiger partial charge is 0.497 e. The van der Waals surface area contributed by atoms with E-state index in [-0.39, 0.29) is 12.5 Å². The number of carbonyl (C=O) groups excluding carboxylic acids is 2. The molecule has 0 aliphatic rings. The third-order valence-electron chi connectivity index (χ3n) is 4.52. The number of nitrogens with one attached hydrogen (secondary N) is 2. The van der Waals surface area contributed by atoms with Gasteiger partial charge in [0.05, 0.1) is 25.0 Å². The highest BCUT2D eigenvalue weighted by Crippen LogP contribution is 2.31. The molecule has 0 radical (unpaired) electrons. The SMILES string of the molecule is CCOC(=O)c1c(C)[nH]c(C(=O)Nc2nc(-c3ccc(OC)cc3)c(C)s2)c1C. The molecule has 1 amide bonds. The first-order chi connectivity index (χ1) is 13.8. The number of hydrogen-bond acceptors (Lipinski definition) is 6. The van der Waals surface area contributed by atoms with Crippen LogP contribution in [0.5, 0.6) is 5.75 Å². The van der Waals surface area contributed by atoms with E-state index < -0.39 is 5.97 Å². The van der Waals surface area contributed by atoms with Gasteiger partial charge in [-0.15, -0.1) is 11.3 Å². The average molecular weight is 413 g/mol. The third kappa shape index (κ3) is 4.17. The van der Waals surface area contributed by atoms with E-state index in [9.17, 15) is 9.59 Å². The summed E-state index contributed by atoms with van der Waals surface area (Å²) < 4.78 is 10.3. The third-order valence-corrected chi connectivity index (χ3v) is 5.41. The number of amides is 1. The van der Waals surface area contributed by atoms with Crippen molar-refractivity contribution in [2.75, 3.05) is 19.0 Å². The summed E-state index contributed by atoms with van der Waals surface area (Å²) in [4.78, 5) is 33.5. The van der Waals surface area contributed by atoms with Crippen LogP contribution in [-0.4, -0.2) is 35.6 Å². The van der Waals surface area contributed by atoms with Gasteiger partial charge in [-0.3, -0.25) is 10.1 Å². The molecule has 0 atom stereocenters. The minimum Gasteiger partial charge on any atom is -0.497 e. The van der Waals surface area contributed by atoms with Crippen LogP contribution < -0.4 is 10.1 Å². The second-order valence-electron chi connectivity index (χ2n) is 6.45. The molecular weight excluding hydrogens is 390 g/mol. The van der Waals surface area contributed by atoms with Crippen LogP contribution in [0.2, 0.25) is 0 Å². The van der Waals surface area contributed by atoms with Gasteiger partial charge in [-0.05, 0) is 57.5 Å². The Kier molecular flexibility index (Phi) is 6.03. The fourth-order valence-corrected chi connectivity index (χ4v) is 3.94. The number of aryl methyl sites for hydroxylation is 2. The number of ether oxygens (including phenoxy) is 2. The van der Waals surface area contributed by atoms with E-state index in [2.05, 4.69) is 15.3 Å². The van der Waals surface area contributed by atoms with Crippen molar-refractivity contribution in [1.29, 1.82) is 0 Å². The van der Waals surface area contributed by atoms with Crippen molar-refractivity contribution < 1.29 is 19.1 Å². The zero-order chi connectivity index (χ0) is 21.1. The molecule has 1 aromatic carbocycles. The second-order valence-corrected chi connectivity index (χ2v) is 7.66. The fraction of sp³-hybridized carbons (Fsp3) is 0.286. The number of anilines is 1. The van der Waals surface area contributed by atoms with Crippen molar-refractivity contribution in [1.82, 2.24) is 9.97 Å². The summed E-state index contributed by atoms with van der Waals surface area (Å²) in [5, 5.41) is 3.31. The lowest BCUT2D eigenvalue weighted by Crippen LogP contribution is -2.14. The molecule has 8 heteroatoms. The molecule has 7 nitrogen and oxygen atoms in total. The first kappa shape index (κ1) is 20.6. The van der Waals surface area contributed by atoms with Crippen LogP contribution in [-0.2, 0) is 4.74 Å². The molecule has 0 bridgehead atoms. The van der Waals surface area contributed by atoms with Crippen LogP contribution in [0, 0.1) is 20.8 Å². The number of esters is 1. The van der Waals surface area contributed by atoms with Crippen LogP contribution in [0.15, 0.2) is 24.3 Å². The summed E-state index contributed by atoms with van der Waals surface area (Å²) >= 11 is 1.39. The van der Waals surface area contributed by atoms with E-state index in [0.717, 1.165) is 21.9 Å². The van der Waals surface area contributed by atoms with E-state index in [4.69, 9.17) is 9.47 Å². The van der Waals surface area contributed by atoms with Gasteiger partial charge in [0.25, 0.3) is 5.91 Å². The van der Waals surface area contributed by atoms with E-state index in [0.29, 0.717) is 27.6 Å². The number of nitrogens with zero attached hydrogens (tertiary/aromatic N) is 1. The van der Waals surface area contributed by atoms with Crippen LogP contribution >= 0.6 is 11.3 Å². The number of carbonyl (C=O) groups is 2. The summed E-state index contributed by atoms with van der Waals surface area (Å²) in [5.41, 5.74) is 3.62. The summed E-state index contributed by atoms with van der Waals surface area (Å²) in [6, 6.07) is 7.59. The molecular formula is C21H23N3O4S. The molecule has 0 unspecified atom stereocenters. The van der Waals surface area contributed by atoms with Crippen LogP contribution in [0.1, 0.15) is 43.9 Å². The fourth-order valence-electron chi connectivity index (χ4n) is 3.11. The van der Waals surface area contributed by atoms with Crippen molar-refractivity contribution in [2.24, 2.45) is 0 Å². The van der Waals surface area contributed by atoms with Gasteiger partial charge in [-0.25, -0.2) is 9.78 Å². The molecule has 3 rings (SSSR count). The van der Waals surface area contributed by atoms with Gasteiger partial charge in [-0.1, -0.05) is 0 Å². The van der Waals surface area contributed by atoms with Crippen molar-refractivity contribution in [3.05, 3.63) is 51.7 Å². The number of thiazole rings is 1. The normalized spacial score (nSPS) is 10.7. The van der Waals surface area contributed by atoms with E-state index in [1.54, 1.807) is 27.9 Å². The zero-order valence-electron chi connectivity index (χ0n) is 17.0. The van der Waals surface area contributed by atoms with Crippen molar-refractivity contribution in [2.45, 2.75) is 27.7 Å². The molecule has 152 valence electrons. The van der Waals surface area contributed by atoms with E-state index >= 15 is 0 Å². The second kappa shape index (κ2) is 8.48. The van der Waals surface area contributed by atoms with Crippen LogP contribution in [0.3, 0.4) is 0 Å². The molecule has 0 saturated heterocycles. The van der Waals surface area contributed by atoms with Gasteiger partial charge in [0, 0.05) is 16.1 Å². The highest BCUT2D eigenvalue weighted by atomic mass is 32.1. The maximum atomic E-state index is 12.8. The monoisotopic (exact) mass is 413 g/mol. The van der Waals surface area contributed by atoms with E-state index in [1.165, 1.54) is 11.3 Å². The Morgan fingerprint density at radius 1 is 1.17 bits per heavy atom. The van der Waals surface area contributed by atoms with Crippen molar-refractivity contribution >= 4 is 28.3 Å². The number of benzene rings is 1. The highest BCUT2D eigenvalue weighted by Gasteiger charge is 2.23. The first-order valence-electron chi connectivity index (χ1n) is 9.15. The minimum absolute atomic E-state index is 0.275. The molecule has 0 aliphatic heterocycles. The summed E-state index contributed by atoms with van der Waals surface area (Å²) in [6.07, 6.45) is 0. The Balaban J connectivity index is 1.83. The average Bonchev–Trinajstić information content (AvgIpc) is 3.20. The minimum atomic E-state index is -0.440. The quantitative estimate of drug-likeness (QED) is 0.580. The molecule has 2 heterocycles. The maximum Gasteiger partial charge on any atom is 0.340 e. The van der Waals surface area contributed by atoms with Gasteiger partial charge in [-0.2, -0.15) is 0 Å². The number of aromatic nitrogens is 2. The predicted molar refractivity (Wildman–Crippen MR) is 113 cm³/mol. The van der Waals surface area contributed by atoms with Crippen molar-refractivity contribution in [3.8, 4) is 17.0 Å². The first-order valence-corrected chi connectivity index (χ1v) is 9.96. The number of aromatic amines is 1. The summed E-state index contributed by atoms with van der Waals surface area (Å²) in [5.74, 6) is -0.0222. The smallest absolute Gasteiger partial charge is 0.340 e. The van der Waals surface area contributed by atoms with Crippen LogP contribution in [0.25, 0.3) is 11.3 Å². The maximum absolute atomic E-state index is 12.8. The lowest BCUT2D eigenvalue weighted by atomic mass is 10.1. The Morgan fingerprint density at radius 2 is 1.86 bits per heavy atom. The lowest BCUT2D eigenvalue weighted by Gasteiger charge is -2.03. The molecule has 2 aromatic heterocycles. The topological polar surface area (TPSA) is 93.3 Å². The van der Waals surface area contributed by atoms with Gasteiger partial charge in [0.2, 0.25) is 0 Å². The number of methoxy groups -OCH3 is 1. The number of hydrogen-bond donors (Lipinski definition) is 2. The molecule has 29 heavy (non-hydrogen) atoms. The standard InChI is InChI=1S/C21H23N3O4S/c1-6-28-20(26)16-11(2)17(22-12(16)3)19(25)24-21-23-18(13(4)29-21)14-7-9-15(27-5)10-8-14/h7-10,22H,6H2,1-5H3,(H,23,24,25). The summed E-state index contributed by atoms with van der Waals surface area (Å²) in [7, 11) is 1.62. The zero-order valence-corrected chi connectivity index (χ0v) is 17.8. The van der Waals surface area contributed by atoms with Gasteiger partial charge >= 0.3 is 5.97 Å². The van der Waals surface area contributed by atoms with Crippen LogP contribution in [0.4, 0.5) is 5.13 Å². The van der Waals surface area contributed by atoms with Gasteiger partial charge < -0.3 is 14.5 Å². The Labute approximate surface area is 173 Å². The van der Waals surface area contributed by atoms with Gasteiger partial charge in [0.1, 0.15) is 11.4 Å². The molecule has 0 aliphatic carbocycles.